The van der Waals surface area contributed by atoms with Crippen LogP contribution in [-0.2, 0) is 9.84 Å². The van der Waals surface area contributed by atoms with Crippen LogP contribution in [0.25, 0.3) is 0 Å². The zero-order valence-corrected chi connectivity index (χ0v) is 14.6. The van der Waals surface area contributed by atoms with Gasteiger partial charge in [-0.15, -0.1) is 0 Å². The first-order valence-electron chi connectivity index (χ1n) is 6.57. The van der Waals surface area contributed by atoms with Crippen LogP contribution in [0, 0.1) is 21.4 Å². The number of halogens is 2. The van der Waals surface area contributed by atoms with E-state index in [0.29, 0.717) is 5.02 Å². The van der Waals surface area contributed by atoms with E-state index in [1.54, 1.807) is 6.07 Å². The molecule has 1 N–H and O–H groups in total. The highest BCUT2D eigenvalue weighted by molar-refractivity contribution is 7.95. The van der Waals surface area contributed by atoms with Crippen molar-refractivity contribution in [3.63, 3.8) is 0 Å². The first-order chi connectivity index (χ1) is 11.8. The van der Waals surface area contributed by atoms with E-state index in [1.807, 2.05) is 0 Å². The molecule has 0 fully saturated rings. The van der Waals surface area contributed by atoms with Crippen LogP contribution in [0.3, 0.4) is 0 Å². The number of nitrogens with one attached hydrogen (secondary N) is 1. The molecule has 0 saturated carbocycles. The van der Waals surface area contributed by atoms with Crippen molar-refractivity contribution >= 4 is 44.4 Å². The second-order valence-electron chi connectivity index (χ2n) is 4.65. The Labute approximate surface area is 153 Å². The largest absolute Gasteiger partial charge is 0.360 e. The van der Waals surface area contributed by atoms with Gasteiger partial charge in [-0.1, -0.05) is 23.2 Å². The Kier molecular flexibility index (Phi) is 5.64. The Morgan fingerprint density at radius 1 is 1.20 bits per heavy atom. The molecule has 128 valence electrons. The van der Waals surface area contributed by atoms with Crippen LogP contribution in [0.15, 0.2) is 58.5 Å². The molecule has 0 aliphatic rings. The molecule has 25 heavy (non-hydrogen) atoms. The van der Waals surface area contributed by atoms with Gasteiger partial charge in [-0.3, -0.25) is 10.1 Å². The average molecular weight is 398 g/mol. The lowest BCUT2D eigenvalue weighted by Crippen LogP contribution is -2.05. The van der Waals surface area contributed by atoms with Crippen molar-refractivity contribution in [1.82, 2.24) is 0 Å². The third kappa shape index (κ3) is 4.28. The van der Waals surface area contributed by atoms with Crippen molar-refractivity contribution in [3.8, 4) is 6.07 Å². The number of hydrogen-bond donors (Lipinski definition) is 1. The van der Waals surface area contributed by atoms with Crippen LogP contribution in [-0.4, -0.2) is 13.3 Å². The molecule has 0 amide bonds. The summed E-state index contributed by atoms with van der Waals surface area (Å²) in [4.78, 5) is 9.52. The van der Waals surface area contributed by atoms with Gasteiger partial charge < -0.3 is 5.32 Å². The number of nitrogens with zero attached hydrogens (tertiary/aromatic N) is 2. The first kappa shape index (κ1) is 18.7. The number of nitriles is 1. The maximum absolute atomic E-state index is 12.4. The summed E-state index contributed by atoms with van der Waals surface area (Å²) in [5.74, 6) is 0. The molecule has 2 rings (SSSR count). The fraction of sp³-hybridized carbons (Fsp3) is 0. The Morgan fingerprint density at radius 2 is 1.84 bits per heavy atom. The minimum Gasteiger partial charge on any atom is -0.360 e. The summed E-state index contributed by atoms with van der Waals surface area (Å²) in [5, 5.41) is 22.9. The van der Waals surface area contributed by atoms with Crippen molar-refractivity contribution in [2.75, 3.05) is 5.32 Å². The van der Waals surface area contributed by atoms with Crippen molar-refractivity contribution in [3.05, 3.63) is 73.7 Å². The van der Waals surface area contributed by atoms with E-state index >= 15 is 0 Å². The monoisotopic (exact) mass is 397 g/mol. The van der Waals surface area contributed by atoms with Gasteiger partial charge in [-0.2, -0.15) is 5.26 Å². The molecular weight excluding hydrogens is 389 g/mol. The quantitative estimate of drug-likeness (QED) is 0.460. The van der Waals surface area contributed by atoms with Crippen LogP contribution in [0.1, 0.15) is 0 Å². The summed E-state index contributed by atoms with van der Waals surface area (Å²) in [6, 6.07) is 10.7. The maximum atomic E-state index is 12.4. The van der Waals surface area contributed by atoms with Gasteiger partial charge in [0.2, 0.25) is 9.84 Å². The lowest BCUT2D eigenvalue weighted by atomic mass is 10.3. The highest BCUT2D eigenvalue weighted by Crippen LogP contribution is 2.28. The molecule has 10 heteroatoms. The summed E-state index contributed by atoms with van der Waals surface area (Å²) >= 11 is 11.4. The van der Waals surface area contributed by atoms with Crippen LogP contribution >= 0.6 is 23.2 Å². The topological polar surface area (TPSA) is 113 Å². The lowest BCUT2D eigenvalue weighted by molar-refractivity contribution is -0.384. The molecule has 0 heterocycles. The number of anilines is 1. The lowest BCUT2D eigenvalue weighted by Gasteiger charge is -2.05. The smallest absolute Gasteiger partial charge is 0.289 e. The average Bonchev–Trinajstić information content (AvgIpc) is 2.56. The molecular formula is C15H9Cl2N3O4S. The van der Waals surface area contributed by atoms with E-state index < -0.39 is 19.7 Å². The van der Waals surface area contributed by atoms with E-state index in [4.69, 9.17) is 28.5 Å². The highest BCUT2D eigenvalue weighted by atomic mass is 35.5. The molecule has 0 unspecified atom stereocenters. The fourth-order valence-electron chi connectivity index (χ4n) is 1.80. The normalized spacial score (nSPS) is 11.6. The van der Waals surface area contributed by atoms with Crippen molar-refractivity contribution in [2.24, 2.45) is 0 Å². The molecule has 2 aromatic rings. The molecule has 0 saturated heterocycles. The highest BCUT2D eigenvalue weighted by Gasteiger charge is 2.21. The van der Waals surface area contributed by atoms with E-state index in [1.165, 1.54) is 36.4 Å². The Hall–Kier alpha value is -2.60. The van der Waals surface area contributed by atoms with Crippen LogP contribution < -0.4 is 5.32 Å². The molecule has 2 aromatic carbocycles. The summed E-state index contributed by atoms with van der Waals surface area (Å²) in [7, 11) is -4.05. The second kappa shape index (κ2) is 7.53. The summed E-state index contributed by atoms with van der Waals surface area (Å²) in [6.07, 6.45) is 0.955. The predicted octanol–water partition coefficient (Wildman–Crippen LogP) is 4.15. The first-order valence-corrected chi connectivity index (χ1v) is 8.81. The van der Waals surface area contributed by atoms with Gasteiger partial charge in [0, 0.05) is 23.0 Å². The van der Waals surface area contributed by atoms with Crippen molar-refractivity contribution < 1.29 is 13.3 Å². The molecule has 0 aliphatic heterocycles. The summed E-state index contributed by atoms with van der Waals surface area (Å²) in [5.41, 5.74) is -0.144. The molecule has 0 spiro atoms. The number of allylic oxidation sites excluding steroid dienone is 1. The summed E-state index contributed by atoms with van der Waals surface area (Å²) in [6.45, 7) is 0. The zero-order valence-electron chi connectivity index (χ0n) is 12.3. The fourth-order valence-corrected chi connectivity index (χ4v) is 3.20. The minimum atomic E-state index is -4.05. The summed E-state index contributed by atoms with van der Waals surface area (Å²) < 4.78 is 24.8. The molecule has 0 aromatic heterocycles. The maximum Gasteiger partial charge on any atom is 0.289 e. The number of benzene rings is 2. The Bertz CT molecular complexity index is 996. The van der Waals surface area contributed by atoms with Gasteiger partial charge in [0.15, 0.2) is 4.91 Å². The number of nitro benzene ring substituents is 1. The number of nitro groups is 1. The standard InChI is InChI=1S/C15H9Cl2N3O4S/c16-10-1-4-12(5-2-10)25(23,24)13(8-18)9-19-11-3-6-14(17)15(7-11)20(21)22/h1-7,9,19H/b13-9+. The third-order valence-electron chi connectivity index (χ3n) is 3.04. The van der Waals surface area contributed by atoms with Gasteiger partial charge in [-0.05, 0) is 36.4 Å². The Balaban J connectivity index is 2.35. The third-order valence-corrected chi connectivity index (χ3v) is 5.29. The zero-order chi connectivity index (χ0) is 18.6. The molecule has 0 atom stereocenters. The molecule has 0 bridgehead atoms. The second-order valence-corrected chi connectivity index (χ2v) is 7.41. The predicted molar refractivity (Wildman–Crippen MR) is 94.1 cm³/mol. The number of sulfone groups is 1. The SMILES string of the molecule is N#C/C(=C\Nc1ccc(Cl)c([N+](=O)[O-])c1)S(=O)(=O)c1ccc(Cl)cc1. The van der Waals surface area contributed by atoms with Gasteiger partial charge in [0.05, 0.1) is 9.82 Å². The molecule has 7 nitrogen and oxygen atoms in total. The van der Waals surface area contributed by atoms with E-state index in [0.717, 1.165) is 12.3 Å². The minimum absolute atomic E-state index is 0.0613. The van der Waals surface area contributed by atoms with Gasteiger partial charge in [0.25, 0.3) is 5.69 Å². The van der Waals surface area contributed by atoms with Crippen molar-refractivity contribution in [2.45, 2.75) is 4.90 Å². The molecule has 0 radical (unpaired) electrons. The van der Waals surface area contributed by atoms with E-state index in [-0.39, 0.29) is 21.3 Å². The van der Waals surface area contributed by atoms with E-state index in [2.05, 4.69) is 5.32 Å². The molecule has 0 aliphatic carbocycles. The van der Waals surface area contributed by atoms with Gasteiger partial charge in [0.1, 0.15) is 11.1 Å². The number of rotatable bonds is 5. The number of hydrogen-bond acceptors (Lipinski definition) is 6. The van der Waals surface area contributed by atoms with E-state index in [9.17, 15) is 18.5 Å². The van der Waals surface area contributed by atoms with Crippen LogP contribution in [0.2, 0.25) is 10.0 Å². The van der Waals surface area contributed by atoms with Crippen LogP contribution in [0.5, 0.6) is 0 Å². The van der Waals surface area contributed by atoms with Gasteiger partial charge in [-0.25, -0.2) is 8.42 Å². The van der Waals surface area contributed by atoms with Gasteiger partial charge >= 0.3 is 0 Å². The van der Waals surface area contributed by atoms with Crippen molar-refractivity contribution in [1.29, 1.82) is 5.26 Å². The Morgan fingerprint density at radius 3 is 2.40 bits per heavy atom. The van der Waals surface area contributed by atoms with Crippen LogP contribution in [0.4, 0.5) is 11.4 Å².